The zero-order valence-corrected chi connectivity index (χ0v) is 11.1. The monoisotopic (exact) mass is 255 g/mol. The maximum Gasteiger partial charge on any atom is 0.142 e. The molecule has 0 fully saturated rings. The van der Waals surface area contributed by atoms with Crippen molar-refractivity contribution < 1.29 is 4.74 Å². The third-order valence-corrected chi connectivity index (χ3v) is 3.08. The molecule has 0 bridgehead atoms. The maximum absolute atomic E-state index is 7.50. The number of rotatable bonds is 4. The second-order valence-electron chi connectivity index (χ2n) is 4.41. The Morgan fingerprint density at radius 3 is 2.79 bits per heavy atom. The molecule has 1 aromatic carbocycles. The van der Waals surface area contributed by atoms with Crippen LogP contribution in [0, 0.1) is 19.3 Å². The first-order valence-electron chi connectivity index (χ1n) is 6.07. The Kier molecular flexibility index (Phi) is 3.80. The van der Waals surface area contributed by atoms with Crippen molar-refractivity contribution in [1.82, 2.24) is 4.98 Å². The summed E-state index contributed by atoms with van der Waals surface area (Å²) >= 11 is 0. The van der Waals surface area contributed by atoms with Gasteiger partial charge in [-0.3, -0.25) is 10.4 Å². The normalized spacial score (nSPS) is 10.2. The molecule has 0 spiro atoms. The molecule has 0 aliphatic heterocycles. The second kappa shape index (κ2) is 5.52. The molecule has 1 aromatic heterocycles. The van der Waals surface area contributed by atoms with Crippen LogP contribution in [0.5, 0.6) is 5.75 Å². The number of hydrogen-bond acceptors (Lipinski definition) is 3. The van der Waals surface area contributed by atoms with Crippen LogP contribution in [0.25, 0.3) is 0 Å². The molecule has 0 amide bonds. The van der Waals surface area contributed by atoms with Gasteiger partial charge in [0.15, 0.2) is 0 Å². The summed E-state index contributed by atoms with van der Waals surface area (Å²) in [6.45, 7) is 4.43. The number of nitrogens with two attached hydrogens (primary N) is 1. The van der Waals surface area contributed by atoms with Crippen molar-refractivity contribution in [1.29, 1.82) is 5.41 Å². The molecule has 0 saturated carbocycles. The van der Waals surface area contributed by atoms with Crippen molar-refractivity contribution in [3.05, 3.63) is 58.9 Å². The van der Waals surface area contributed by atoms with E-state index in [1.165, 1.54) is 5.56 Å². The zero-order valence-electron chi connectivity index (χ0n) is 11.1. The van der Waals surface area contributed by atoms with Gasteiger partial charge in [-0.2, -0.15) is 0 Å². The molecule has 0 radical (unpaired) electrons. The molecule has 0 unspecified atom stereocenters. The van der Waals surface area contributed by atoms with Crippen LogP contribution in [0.15, 0.2) is 36.5 Å². The van der Waals surface area contributed by atoms with Crippen LogP contribution in [0.4, 0.5) is 0 Å². The standard InChI is InChI=1S/C15H17N3O/c1-10-5-3-7-13(11(10)2)19-9-12-6-4-8-18-14(12)15(16)17/h3-8H,9H2,1-2H3,(H3,16,17). The van der Waals surface area contributed by atoms with E-state index >= 15 is 0 Å². The summed E-state index contributed by atoms with van der Waals surface area (Å²) in [5, 5.41) is 7.50. The van der Waals surface area contributed by atoms with Gasteiger partial charge in [-0.1, -0.05) is 18.2 Å². The lowest BCUT2D eigenvalue weighted by atomic mass is 10.1. The van der Waals surface area contributed by atoms with Gasteiger partial charge in [0.25, 0.3) is 0 Å². The van der Waals surface area contributed by atoms with Crippen LogP contribution in [0.1, 0.15) is 22.4 Å². The summed E-state index contributed by atoms with van der Waals surface area (Å²) < 4.78 is 5.80. The van der Waals surface area contributed by atoms with E-state index in [1.807, 2.05) is 44.2 Å². The predicted octanol–water partition coefficient (Wildman–Crippen LogP) is 2.56. The lowest BCUT2D eigenvalue weighted by molar-refractivity contribution is 0.303. The summed E-state index contributed by atoms with van der Waals surface area (Å²) in [6.07, 6.45) is 1.62. The molecule has 0 saturated heterocycles. The highest BCUT2D eigenvalue weighted by Crippen LogP contribution is 2.22. The molecule has 4 heteroatoms. The Bertz CT molecular complexity index is 608. The number of nitrogen functional groups attached to an aromatic ring is 1. The molecular weight excluding hydrogens is 238 g/mol. The van der Waals surface area contributed by atoms with Crippen molar-refractivity contribution in [3.8, 4) is 5.75 Å². The van der Waals surface area contributed by atoms with E-state index < -0.39 is 0 Å². The maximum atomic E-state index is 7.50. The number of ether oxygens (including phenoxy) is 1. The molecular formula is C15H17N3O. The number of amidine groups is 1. The smallest absolute Gasteiger partial charge is 0.142 e. The number of hydrogen-bond donors (Lipinski definition) is 2. The average molecular weight is 255 g/mol. The van der Waals surface area contributed by atoms with Crippen molar-refractivity contribution in [2.24, 2.45) is 5.73 Å². The zero-order chi connectivity index (χ0) is 13.8. The number of benzene rings is 1. The van der Waals surface area contributed by atoms with Crippen LogP contribution < -0.4 is 10.5 Å². The largest absolute Gasteiger partial charge is 0.489 e. The Balaban J connectivity index is 2.19. The fraction of sp³-hybridized carbons (Fsp3) is 0.200. The van der Waals surface area contributed by atoms with Crippen LogP contribution in [0.2, 0.25) is 0 Å². The Hall–Kier alpha value is -2.36. The molecule has 98 valence electrons. The Morgan fingerprint density at radius 1 is 1.26 bits per heavy atom. The number of aromatic nitrogens is 1. The summed E-state index contributed by atoms with van der Waals surface area (Å²) in [5.74, 6) is 0.804. The first-order chi connectivity index (χ1) is 9.09. The molecule has 0 aliphatic rings. The number of nitrogens with zero attached hydrogens (tertiary/aromatic N) is 1. The van der Waals surface area contributed by atoms with Gasteiger partial charge in [0.1, 0.15) is 23.9 Å². The highest BCUT2D eigenvalue weighted by Gasteiger charge is 2.08. The van der Waals surface area contributed by atoms with E-state index in [0.717, 1.165) is 16.9 Å². The molecule has 2 aromatic rings. The van der Waals surface area contributed by atoms with E-state index in [2.05, 4.69) is 4.98 Å². The minimum Gasteiger partial charge on any atom is -0.489 e. The SMILES string of the molecule is Cc1cccc(OCc2cccnc2C(=N)N)c1C. The van der Waals surface area contributed by atoms with Crippen LogP contribution in [-0.4, -0.2) is 10.8 Å². The third kappa shape index (κ3) is 2.91. The number of aryl methyl sites for hydroxylation is 1. The van der Waals surface area contributed by atoms with E-state index in [4.69, 9.17) is 15.9 Å². The van der Waals surface area contributed by atoms with Gasteiger partial charge >= 0.3 is 0 Å². The van der Waals surface area contributed by atoms with E-state index in [-0.39, 0.29) is 5.84 Å². The van der Waals surface area contributed by atoms with Crippen LogP contribution in [-0.2, 0) is 6.61 Å². The average Bonchev–Trinajstić information content (AvgIpc) is 2.40. The van der Waals surface area contributed by atoms with Gasteiger partial charge < -0.3 is 10.5 Å². The van der Waals surface area contributed by atoms with Crippen molar-refractivity contribution >= 4 is 5.84 Å². The van der Waals surface area contributed by atoms with Crippen LogP contribution in [0.3, 0.4) is 0 Å². The molecule has 0 aliphatic carbocycles. The summed E-state index contributed by atoms with van der Waals surface area (Å²) in [4.78, 5) is 4.10. The van der Waals surface area contributed by atoms with Crippen molar-refractivity contribution in [3.63, 3.8) is 0 Å². The lowest BCUT2D eigenvalue weighted by Gasteiger charge is -2.12. The van der Waals surface area contributed by atoms with Crippen LogP contribution >= 0.6 is 0 Å². The first-order valence-corrected chi connectivity index (χ1v) is 6.07. The van der Waals surface area contributed by atoms with Gasteiger partial charge in [-0.25, -0.2) is 0 Å². The second-order valence-corrected chi connectivity index (χ2v) is 4.41. The minimum absolute atomic E-state index is 0.0415. The molecule has 4 nitrogen and oxygen atoms in total. The topological polar surface area (TPSA) is 72.0 Å². The van der Waals surface area contributed by atoms with E-state index in [0.29, 0.717) is 12.3 Å². The quantitative estimate of drug-likeness (QED) is 0.651. The van der Waals surface area contributed by atoms with Gasteiger partial charge in [0.05, 0.1) is 0 Å². The molecule has 3 N–H and O–H groups in total. The van der Waals surface area contributed by atoms with E-state index in [1.54, 1.807) is 6.20 Å². The van der Waals surface area contributed by atoms with Gasteiger partial charge in [0, 0.05) is 11.8 Å². The Morgan fingerprint density at radius 2 is 2.05 bits per heavy atom. The summed E-state index contributed by atoms with van der Waals surface area (Å²) in [6, 6.07) is 9.63. The summed E-state index contributed by atoms with van der Waals surface area (Å²) in [7, 11) is 0. The number of nitrogens with one attached hydrogen (secondary N) is 1. The predicted molar refractivity (Wildman–Crippen MR) is 75.5 cm³/mol. The van der Waals surface area contributed by atoms with Gasteiger partial charge in [-0.15, -0.1) is 0 Å². The minimum atomic E-state index is -0.0415. The fourth-order valence-electron chi connectivity index (χ4n) is 1.83. The number of pyridine rings is 1. The van der Waals surface area contributed by atoms with Gasteiger partial charge in [0.2, 0.25) is 0 Å². The third-order valence-electron chi connectivity index (χ3n) is 3.08. The first kappa shape index (κ1) is 13.1. The van der Waals surface area contributed by atoms with Crippen molar-refractivity contribution in [2.75, 3.05) is 0 Å². The summed E-state index contributed by atoms with van der Waals surface area (Å²) in [5.41, 5.74) is 9.11. The van der Waals surface area contributed by atoms with E-state index in [9.17, 15) is 0 Å². The fourth-order valence-corrected chi connectivity index (χ4v) is 1.83. The lowest BCUT2D eigenvalue weighted by Crippen LogP contribution is -2.16. The highest BCUT2D eigenvalue weighted by atomic mass is 16.5. The molecule has 19 heavy (non-hydrogen) atoms. The van der Waals surface area contributed by atoms with Crippen molar-refractivity contribution in [2.45, 2.75) is 20.5 Å². The molecule has 0 atom stereocenters. The molecule has 1 heterocycles. The highest BCUT2D eigenvalue weighted by molar-refractivity contribution is 5.94. The molecule has 2 rings (SSSR count). The Labute approximate surface area is 112 Å². The van der Waals surface area contributed by atoms with Gasteiger partial charge in [-0.05, 0) is 37.1 Å².